The van der Waals surface area contributed by atoms with Gasteiger partial charge in [0.25, 0.3) is 5.69 Å². The van der Waals surface area contributed by atoms with Crippen molar-refractivity contribution >= 4 is 39.7 Å². The lowest BCUT2D eigenvalue weighted by molar-refractivity contribution is -0.387. The quantitative estimate of drug-likeness (QED) is 0.573. The lowest BCUT2D eigenvalue weighted by Crippen LogP contribution is -2.38. The number of benzene rings is 1. The molecule has 1 aromatic carbocycles. The zero-order valence-electron chi connectivity index (χ0n) is 11.5. The van der Waals surface area contributed by atoms with Crippen LogP contribution in [0, 0.1) is 10.1 Å². The van der Waals surface area contributed by atoms with Crippen LogP contribution in [0.4, 0.5) is 5.69 Å². The third kappa shape index (κ3) is 5.76. The van der Waals surface area contributed by atoms with Crippen LogP contribution in [0.3, 0.4) is 0 Å². The van der Waals surface area contributed by atoms with Crippen LogP contribution >= 0.6 is 24.0 Å². The molecule has 0 unspecified atom stereocenters. The van der Waals surface area contributed by atoms with Gasteiger partial charge in [-0.3, -0.25) is 10.1 Å². The summed E-state index contributed by atoms with van der Waals surface area (Å²) in [7, 11) is -3.99. The molecule has 0 aromatic heterocycles. The van der Waals surface area contributed by atoms with Gasteiger partial charge in [-0.25, -0.2) is 13.1 Å². The third-order valence-electron chi connectivity index (χ3n) is 2.54. The van der Waals surface area contributed by atoms with Gasteiger partial charge in [0.1, 0.15) is 0 Å². The Morgan fingerprint density at radius 2 is 2.05 bits per heavy atom. The van der Waals surface area contributed by atoms with E-state index in [0.29, 0.717) is 6.54 Å². The van der Waals surface area contributed by atoms with Crippen molar-refractivity contribution in [2.45, 2.75) is 24.8 Å². The largest absolute Gasteiger partial charge is 0.313 e. The molecule has 0 saturated heterocycles. The Hall–Kier alpha value is -0.930. The number of nitro groups is 1. The number of rotatable bonds is 7. The zero-order chi connectivity index (χ0) is 15.3. The average Bonchev–Trinajstić information content (AvgIpc) is 2.36. The van der Waals surface area contributed by atoms with Crippen molar-refractivity contribution in [2.24, 2.45) is 0 Å². The SMILES string of the molecule is CCN[C@H](C)CNS(=O)(=O)c1cc(Cl)ccc1[N+](=O)[O-].Cl. The first kappa shape index (κ1) is 20.1. The molecular weight excluding hydrogens is 341 g/mol. The molecular formula is C11H17Cl2N3O4S. The number of halogens is 2. The van der Waals surface area contributed by atoms with Crippen LogP contribution in [0.15, 0.2) is 23.1 Å². The standard InChI is InChI=1S/C11H16ClN3O4S.ClH/c1-3-13-8(2)7-14-20(18,19)11-6-9(12)4-5-10(11)15(16)17;/h4-6,8,13-14H,3,7H2,1-2H3;1H/t8-;/m1./s1. The van der Waals surface area contributed by atoms with Gasteiger partial charge in [0.05, 0.1) is 4.92 Å². The summed E-state index contributed by atoms with van der Waals surface area (Å²) < 4.78 is 26.6. The summed E-state index contributed by atoms with van der Waals surface area (Å²) in [6.45, 7) is 4.52. The van der Waals surface area contributed by atoms with E-state index in [1.54, 1.807) is 6.92 Å². The van der Waals surface area contributed by atoms with Gasteiger partial charge < -0.3 is 5.32 Å². The highest BCUT2D eigenvalue weighted by Gasteiger charge is 2.26. The Morgan fingerprint density at radius 1 is 1.43 bits per heavy atom. The Kier molecular flexibility index (Phi) is 8.12. The molecule has 0 bridgehead atoms. The van der Waals surface area contributed by atoms with Gasteiger partial charge in [-0.05, 0) is 25.6 Å². The van der Waals surface area contributed by atoms with Crippen LogP contribution < -0.4 is 10.0 Å². The van der Waals surface area contributed by atoms with Crippen LogP contribution in [0.1, 0.15) is 13.8 Å². The fraction of sp³-hybridized carbons (Fsp3) is 0.455. The predicted octanol–water partition coefficient (Wildman–Crippen LogP) is 1.95. The monoisotopic (exact) mass is 357 g/mol. The van der Waals surface area contributed by atoms with E-state index in [9.17, 15) is 18.5 Å². The van der Waals surface area contributed by atoms with Gasteiger partial charge in [0.15, 0.2) is 4.90 Å². The van der Waals surface area contributed by atoms with Crippen LogP contribution in [0.2, 0.25) is 5.02 Å². The van der Waals surface area contributed by atoms with Gasteiger partial charge in [-0.2, -0.15) is 0 Å². The molecule has 10 heteroatoms. The normalized spacial score (nSPS) is 12.5. The molecule has 0 aliphatic carbocycles. The third-order valence-corrected chi connectivity index (χ3v) is 4.23. The van der Waals surface area contributed by atoms with Gasteiger partial charge in [0, 0.05) is 23.7 Å². The molecule has 120 valence electrons. The Bertz CT molecular complexity index is 595. The summed E-state index contributed by atoms with van der Waals surface area (Å²) in [4.78, 5) is 9.70. The molecule has 0 spiro atoms. The fourth-order valence-electron chi connectivity index (χ4n) is 1.59. The topological polar surface area (TPSA) is 101 Å². The van der Waals surface area contributed by atoms with Gasteiger partial charge in [0.2, 0.25) is 10.0 Å². The molecule has 1 rings (SSSR count). The maximum atomic E-state index is 12.1. The van der Waals surface area contributed by atoms with E-state index in [-0.39, 0.29) is 30.0 Å². The van der Waals surface area contributed by atoms with Crippen molar-refractivity contribution in [3.8, 4) is 0 Å². The van der Waals surface area contributed by atoms with E-state index >= 15 is 0 Å². The van der Waals surface area contributed by atoms with Crippen LogP contribution in [-0.4, -0.2) is 32.5 Å². The predicted molar refractivity (Wildman–Crippen MR) is 83.7 cm³/mol. The number of nitrogens with one attached hydrogen (secondary N) is 2. The van der Waals surface area contributed by atoms with E-state index in [0.717, 1.165) is 12.1 Å². The van der Waals surface area contributed by atoms with E-state index in [1.165, 1.54) is 6.07 Å². The Labute approximate surface area is 134 Å². The number of likely N-dealkylation sites (N-methyl/N-ethyl adjacent to an activating group) is 1. The molecule has 0 radical (unpaired) electrons. The summed E-state index contributed by atoms with van der Waals surface area (Å²) in [5.41, 5.74) is -0.502. The minimum atomic E-state index is -3.99. The Morgan fingerprint density at radius 3 is 2.57 bits per heavy atom. The molecule has 0 saturated carbocycles. The number of hydrogen-bond acceptors (Lipinski definition) is 5. The maximum absolute atomic E-state index is 12.1. The highest BCUT2D eigenvalue weighted by atomic mass is 35.5. The molecule has 1 atom stereocenters. The van der Waals surface area contributed by atoms with Crippen molar-refractivity contribution < 1.29 is 13.3 Å². The first-order chi connectivity index (χ1) is 9.27. The molecule has 1 aromatic rings. The second kappa shape index (κ2) is 8.50. The summed E-state index contributed by atoms with van der Waals surface area (Å²) >= 11 is 5.71. The van der Waals surface area contributed by atoms with E-state index in [2.05, 4.69) is 10.0 Å². The van der Waals surface area contributed by atoms with Crippen molar-refractivity contribution in [3.63, 3.8) is 0 Å². The number of sulfonamides is 1. The number of nitro benzene ring substituents is 1. The first-order valence-corrected chi connectivity index (χ1v) is 7.81. The maximum Gasteiger partial charge on any atom is 0.289 e. The van der Waals surface area contributed by atoms with Crippen molar-refractivity contribution in [3.05, 3.63) is 33.3 Å². The first-order valence-electron chi connectivity index (χ1n) is 5.95. The lowest BCUT2D eigenvalue weighted by Gasteiger charge is -2.13. The number of nitrogens with zero attached hydrogens (tertiary/aromatic N) is 1. The molecule has 2 N–H and O–H groups in total. The summed E-state index contributed by atoms with van der Waals surface area (Å²) in [6, 6.07) is 3.33. The molecule has 7 nitrogen and oxygen atoms in total. The zero-order valence-corrected chi connectivity index (χ0v) is 13.9. The highest BCUT2D eigenvalue weighted by molar-refractivity contribution is 7.89. The van der Waals surface area contributed by atoms with Gasteiger partial charge >= 0.3 is 0 Å². The second-order valence-electron chi connectivity index (χ2n) is 4.18. The minimum Gasteiger partial charge on any atom is -0.313 e. The van der Waals surface area contributed by atoms with Crippen LogP contribution in [0.5, 0.6) is 0 Å². The van der Waals surface area contributed by atoms with Gasteiger partial charge in [-0.1, -0.05) is 18.5 Å². The van der Waals surface area contributed by atoms with Crippen molar-refractivity contribution in [1.29, 1.82) is 0 Å². The fourth-order valence-corrected chi connectivity index (χ4v) is 3.15. The molecule has 0 aliphatic heterocycles. The lowest BCUT2D eigenvalue weighted by atomic mass is 10.3. The Balaban J connectivity index is 0.00000400. The van der Waals surface area contributed by atoms with E-state index in [4.69, 9.17) is 11.6 Å². The summed E-state index contributed by atoms with van der Waals surface area (Å²) in [6.07, 6.45) is 0. The number of hydrogen-bond donors (Lipinski definition) is 2. The van der Waals surface area contributed by atoms with Crippen LogP contribution in [0.25, 0.3) is 0 Å². The van der Waals surface area contributed by atoms with E-state index in [1.807, 2.05) is 6.92 Å². The average molecular weight is 358 g/mol. The molecule has 0 heterocycles. The second-order valence-corrected chi connectivity index (χ2v) is 6.35. The molecule has 21 heavy (non-hydrogen) atoms. The van der Waals surface area contributed by atoms with Crippen molar-refractivity contribution in [1.82, 2.24) is 10.0 Å². The molecule has 0 amide bonds. The van der Waals surface area contributed by atoms with Crippen LogP contribution in [-0.2, 0) is 10.0 Å². The van der Waals surface area contributed by atoms with E-state index < -0.39 is 25.5 Å². The summed E-state index contributed by atoms with van der Waals surface area (Å²) in [5, 5.41) is 14.0. The molecule has 0 aliphatic rings. The highest BCUT2D eigenvalue weighted by Crippen LogP contribution is 2.26. The summed E-state index contributed by atoms with van der Waals surface area (Å²) in [5.74, 6) is 0. The van der Waals surface area contributed by atoms with Gasteiger partial charge in [-0.15, -0.1) is 12.4 Å². The smallest absolute Gasteiger partial charge is 0.289 e. The minimum absolute atomic E-state index is 0. The van der Waals surface area contributed by atoms with Crippen molar-refractivity contribution in [2.75, 3.05) is 13.1 Å². The molecule has 0 fully saturated rings.